The fourth-order valence-corrected chi connectivity index (χ4v) is 3.43. The minimum absolute atomic E-state index is 0.132. The van der Waals surface area contributed by atoms with Gasteiger partial charge in [-0.3, -0.25) is 4.79 Å². The molecule has 5 heteroatoms. The molecule has 0 bridgehead atoms. The number of benzene rings is 1. The Kier molecular flexibility index (Phi) is 7.08. The first-order valence-corrected chi connectivity index (χ1v) is 9.85. The SMILES string of the molecule is CCOc1ccc(Oc2cc(CNC(=O)CC3CCCCC3)ccn2)cc1. The summed E-state index contributed by atoms with van der Waals surface area (Å²) in [6.45, 7) is 3.08. The van der Waals surface area contributed by atoms with E-state index in [2.05, 4.69) is 10.3 Å². The molecule has 1 aliphatic rings. The zero-order chi connectivity index (χ0) is 18.9. The number of nitrogens with one attached hydrogen (secondary N) is 1. The zero-order valence-electron chi connectivity index (χ0n) is 15.9. The van der Waals surface area contributed by atoms with E-state index in [9.17, 15) is 4.79 Å². The molecule has 1 fully saturated rings. The lowest BCUT2D eigenvalue weighted by atomic mass is 9.87. The van der Waals surface area contributed by atoms with Gasteiger partial charge >= 0.3 is 0 Å². The predicted molar refractivity (Wildman–Crippen MR) is 105 cm³/mol. The van der Waals surface area contributed by atoms with Gasteiger partial charge in [-0.15, -0.1) is 0 Å². The summed E-state index contributed by atoms with van der Waals surface area (Å²) in [6, 6.07) is 11.2. The number of rotatable bonds is 8. The Morgan fingerprint density at radius 2 is 1.85 bits per heavy atom. The van der Waals surface area contributed by atoms with E-state index in [1.165, 1.54) is 32.1 Å². The quantitative estimate of drug-likeness (QED) is 0.723. The largest absolute Gasteiger partial charge is 0.494 e. The highest BCUT2D eigenvalue weighted by Crippen LogP contribution is 2.26. The highest BCUT2D eigenvalue weighted by atomic mass is 16.5. The Bertz CT molecular complexity index is 725. The van der Waals surface area contributed by atoms with Gasteiger partial charge in [-0.2, -0.15) is 0 Å². The van der Waals surface area contributed by atoms with Gasteiger partial charge in [0.25, 0.3) is 0 Å². The molecule has 1 aromatic heterocycles. The Morgan fingerprint density at radius 3 is 2.59 bits per heavy atom. The zero-order valence-corrected chi connectivity index (χ0v) is 15.9. The lowest BCUT2D eigenvalue weighted by Crippen LogP contribution is -2.25. The molecule has 0 spiro atoms. The van der Waals surface area contributed by atoms with E-state index in [0.717, 1.165) is 11.3 Å². The maximum absolute atomic E-state index is 12.2. The van der Waals surface area contributed by atoms with Gasteiger partial charge in [0.2, 0.25) is 11.8 Å². The van der Waals surface area contributed by atoms with Crippen molar-refractivity contribution in [1.82, 2.24) is 10.3 Å². The minimum Gasteiger partial charge on any atom is -0.494 e. The smallest absolute Gasteiger partial charge is 0.220 e. The molecule has 144 valence electrons. The molecule has 0 aliphatic heterocycles. The van der Waals surface area contributed by atoms with Crippen LogP contribution in [-0.4, -0.2) is 17.5 Å². The van der Waals surface area contributed by atoms with Crippen molar-refractivity contribution in [2.24, 2.45) is 5.92 Å². The number of hydrogen-bond donors (Lipinski definition) is 1. The summed E-state index contributed by atoms with van der Waals surface area (Å²) in [5.41, 5.74) is 0.975. The van der Waals surface area contributed by atoms with Crippen molar-refractivity contribution in [2.45, 2.75) is 52.0 Å². The molecule has 1 amide bonds. The summed E-state index contributed by atoms with van der Waals surface area (Å²) in [4.78, 5) is 16.4. The van der Waals surface area contributed by atoms with Gasteiger partial charge in [-0.25, -0.2) is 4.98 Å². The third-order valence-corrected chi connectivity index (χ3v) is 4.84. The number of amides is 1. The van der Waals surface area contributed by atoms with Crippen LogP contribution >= 0.6 is 0 Å². The van der Waals surface area contributed by atoms with Gasteiger partial charge in [0.15, 0.2) is 0 Å². The monoisotopic (exact) mass is 368 g/mol. The average molecular weight is 368 g/mol. The van der Waals surface area contributed by atoms with E-state index >= 15 is 0 Å². The molecule has 3 rings (SSSR count). The Labute approximate surface area is 161 Å². The molecule has 1 heterocycles. The maximum Gasteiger partial charge on any atom is 0.220 e. The number of carbonyl (C=O) groups excluding carboxylic acids is 1. The number of ether oxygens (including phenoxy) is 2. The first kappa shape index (κ1) is 19.2. The van der Waals surface area contributed by atoms with Gasteiger partial charge < -0.3 is 14.8 Å². The molecule has 0 saturated heterocycles. The topological polar surface area (TPSA) is 60.5 Å². The van der Waals surface area contributed by atoms with Gasteiger partial charge in [0.05, 0.1) is 6.61 Å². The van der Waals surface area contributed by atoms with Crippen molar-refractivity contribution < 1.29 is 14.3 Å². The van der Waals surface area contributed by atoms with E-state index in [4.69, 9.17) is 9.47 Å². The third kappa shape index (κ3) is 6.27. The minimum atomic E-state index is 0.132. The van der Waals surface area contributed by atoms with Gasteiger partial charge in [-0.05, 0) is 61.6 Å². The second-order valence-corrected chi connectivity index (χ2v) is 6.99. The molecular weight excluding hydrogens is 340 g/mol. The van der Waals surface area contributed by atoms with Crippen LogP contribution in [0.2, 0.25) is 0 Å². The van der Waals surface area contributed by atoms with E-state index in [0.29, 0.717) is 37.1 Å². The lowest BCUT2D eigenvalue weighted by Gasteiger charge is -2.20. The summed E-state index contributed by atoms with van der Waals surface area (Å²) in [6.07, 6.45) is 8.54. The van der Waals surface area contributed by atoms with Gasteiger partial charge in [0, 0.05) is 25.2 Å². The summed E-state index contributed by atoms with van der Waals surface area (Å²) < 4.78 is 11.2. The van der Waals surface area contributed by atoms with E-state index in [1.54, 1.807) is 6.20 Å². The molecular formula is C22H28N2O3. The molecule has 2 aromatic rings. The first-order valence-electron chi connectivity index (χ1n) is 9.85. The number of hydrogen-bond acceptors (Lipinski definition) is 4. The van der Waals surface area contributed by atoms with Crippen LogP contribution in [0.4, 0.5) is 0 Å². The Morgan fingerprint density at radius 1 is 1.11 bits per heavy atom. The summed E-state index contributed by atoms with van der Waals surface area (Å²) in [7, 11) is 0. The van der Waals surface area contributed by atoms with Crippen LogP contribution in [0.3, 0.4) is 0 Å². The highest BCUT2D eigenvalue weighted by molar-refractivity contribution is 5.76. The van der Waals surface area contributed by atoms with Crippen LogP contribution in [0.1, 0.15) is 51.0 Å². The number of carbonyl (C=O) groups is 1. The van der Waals surface area contributed by atoms with Crippen LogP contribution in [-0.2, 0) is 11.3 Å². The van der Waals surface area contributed by atoms with Crippen LogP contribution in [0.5, 0.6) is 17.4 Å². The first-order chi connectivity index (χ1) is 13.2. The molecule has 0 radical (unpaired) electrons. The van der Waals surface area contributed by atoms with Crippen LogP contribution in [0.25, 0.3) is 0 Å². The molecule has 1 aromatic carbocycles. The number of nitrogens with zero attached hydrogens (tertiary/aromatic N) is 1. The second-order valence-electron chi connectivity index (χ2n) is 6.99. The molecule has 5 nitrogen and oxygen atoms in total. The molecule has 1 N–H and O–H groups in total. The summed E-state index contributed by atoms with van der Waals surface area (Å²) in [5.74, 6) is 2.71. The summed E-state index contributed by atoms with van der Waals surface area (Å²) in [5, 5.41) is 3.02. The molecule has 1 saturated carbocycles. The van der Waals surface area contributed by atoms with Crippen LogP contribution < -0.4 is 14.8 Å². The van der Waals surface area contributed by atoms with E-state index < -0.39 is 0 Å². The standard InChI is InChI=1S/C22H28N2O3/c1-2-26-19-8-10-20(11-9-19)27-22-15-18(12-13-23-22)16-24-21(25)14-17-6-4-3-5-7-17/h8-13,15,17H,2-7,14,16H2,1H3,(H,24,25). The van der Waals surface area contributed by atoms with Gasteiger partial charge in [-0.1, -0.05) is 19.3 Å². The maximum atomic E-state index is 12.2. The van der Waals surface area contributed by atoms with E-state index in [1.807, 2.05) is 43.3 Å². The van der Waals surface area contributed by atoms with Crippen molar-refractivity contribution in [3.63, 3.8) is 0 Å². The second kappa shape index (κ2) is 9.95. The van der Waals surface area contributed by atoms with Crippen molar-refractivity contribution in [3.05, 3.63) is 48.2 Å². The van der Waals surface area contributed by atoms with Crippen LogP contribution in [0, 0.1) is 5.92 Å². The van der Waals surface area contributed by atoms with Gasteiger partial charge in [0.1, 0.15) is 11.5 Å². The molecule has 27 heavy (non-hydrogen) atoms. The van der Waals surface area contributed by atoms with Crippen molar-refractivity contribution in [1.29, 1.82) is 0 Å². The number of pyridine rings is 1. The average Bonchev–Trinajstić information content (AvgIpc) is 2.69. The fourth-order valence-electron chi connectivity index (χ4n) is 3.43. The molecule has 0 unspecified atom stereocenters. The fraction of sp³-hybridized carbons (Fsp3) is 0.455. The molecule has 0 atom stereocenters. The van der Waals surface area contributed by atoms with Crippen molar-refractivity contribution >= 4 is 5.91 Å². The normalized spacial score (nSPS) is 14.6. The Balaban J connectivity index is 1.50. The van der Waals surface area contributed by atoms with Crippen molar-refractivity contribution in [2.75, 3.05) is 6.61 Å². The van der Waals surface area contributed by atoms with Crippen LogP contribution in [0.15, 0.2) is 42.6 Å². The lowest BCUT2D eigenvalue weighted by molar-refractivity contribution is -0.122. The summed E-state index contributed by atoms with van der Waals surface area (Å²) >= 11 is 0. The Hall–Kier alpha value is -2.56. The predicted octanol–water partition coefficient (Wildman–Crippen LogP) is 4.86. The number of aromatic nitrogens is 1. The third-order valence-electron chi connectivity index (χ3n) is 4.84. The van der Waals surface area contributed by atoms with Crippen molar-refractivity contribution in [3.8, 4) is 17.4 Å². The van der Waals surface area contributed by atoms with E-state index in [-0.39, 0.29) is 5.91 Å². The highest BCUT2D eigenvalue weighted by Gasteiger charge is 2.16. The molecule has 1 aliphatic carbocycles.